The van der Waals surface area contributed by atoms with Crippen molar-refractivity contribution in [2.45, 2.75) is 58.5 Å². The monoisotopic (exact) mass is 229 g/mol. The van der Waals surface area contributed by atoms with Crippen molar-refractivity contribution < 1.29 is 4.79 Å². The predicted molar refractivity (Wildman–Crippen MR) is 68.4 cm³/mol. The highest BCUT2D eigenvalue weighted by atomic mass is 16.2. The highest BCUT2D eigenvalue weighted by molar-refractivity contribution is 5.75. The molecule has 96 valence electrons. The number of nitrogens with zero attached hydrogens (tertiary/aromatic N) is 1. The number of hydrogen-bond acceptors (Lipinski definition) is 2. The number of nitrogens with two attached hydrogens (primary N) is 1. The van der Waals surface area contributed by atoms with Crippen LogP contribution >= 0.6 is 0 Å². The first-order valence-electron chi connectivity index (χ1n) is 5.98. The molecule has 0 aromatic rings. The standard InChI is InChI=1S/C12H27N3O/c1-7-12(8-2,9-13)15(6)10(16)14-11(3,4)5/h7-9,13H2,1-6H3,(H,14,16). The van der Waals surface area contributed by atoms with E-state index in [4.69, 9.17) is 5.73 Å². The van der Waals surface area contributed by atoms with Crippen LogP contribution in [0.1, 0.15) is 47.5 Å². The van der Waals surface area contributed by atoms with Gasteiger partial charge in [-0.2, -0.15) is 0 Å². The van der Waals surface area contributed by atoms with Crippen LogP contribution < -0.4 is 11.1 Å². The third-order valence-electron chi connectivity index (χ3n) is 3.19. The van der Waals surface area contributed by atoms with Gasteiger partial charge in [0.1, 0.15) is 0 Å². The van der Waals surface area contributed by atoms with Crippen molar-refractivity contribution in [3.63, 3.8) is 0 Å². The topological polar surface area (TPSA) is 58.4 Å². The molecule has 0 saturated carbocycles. The zero-order valence-corrected chi connectivity index (χ0v) is 11.6. The van der Waals surface area contributed by atoms with Crippen molar-refractivity contribution in [3.05, 3.63) is 0 Å². The second kappa shape index (κ2) is 5.53. The molecular formula is C12H27N3O. The quantitative estimate of drug-likeness (QED) is 0.774. The van der Waals surface area contributed by atoms with Crippen LogP contribution in [-0.4, -0.2) is 35.6 Å². The first kappa shape index (κ1) is 15.2. The molecule has 0 atom stereocenters. The molecule has 0 radical (unpaired) electrons. The average molecular weight is 229 g/mol. The Bertz CT molecular complexity index is 221. The molecule has 0 aromatic heterocycles. The van der Waals surface area contributed by atoms with Gasteiger partial charge in [0.25, 0.3) is 0 Å². The number of carbonyl (C=O) groups is 1. The summed E-state index contributed by atoms with van der Waals surface area (Å²) in [5.41, 5.74) is 5.37. The molecule has 4 nitrogen and oxygen atoms in total. The van der Waals surface area contributed by atoms with Crippen molar-refractivity contribution in [1.29, 1.82) is 0 Å². The lowest BCUT2D eigenvalue weighted by Gasteiger charge is -2.41. The van der Waals surface area contributed by atoms with Crippen LogP contribution in [0.15, 0.2) is 0 Å². The van der Waals surface area contributed by atoms with Gasteiger partial charge in [-0.05, 0) is 33.6 Å². The zero-order valence-electron chi connectivity index (χ0n) is 11.6. The Morgan fingerprint density at radius 3 is 1.94 bits per heavy atom. The van der Waals surface area contributed by atoms with Gasteiger partial charge in [0.2, 0.25) is 0 Å². The Morgan fingerprint density at radius 2 is 1.69 bits per heavy atom. The molecule has 0 aromatic carbocycles. The maximum absolute atomic E-state index is 12.0. The number of carbonyl (C=O) groups excluding carboxylic acids is 1. The van der Waals surface area contributed by atoms with Crippen LogP contribution in [0.3, 0.4) is 0 Å². The Hall–Kier alpha value is -0.770. The molecule has 0 aliphatic carbocycles. The largest absolute Gasteiger partial charge is 0.333 e. The molecular weight excluding hydrogens is 202 g/mol. The van der Waals surface area contributed by atoms with E-state index in [1.165, 1.54) is 0 Å². The second-order valence-electron chi connectivity index (χ2n) is 5.37. The van der Waals surface area contributed by atoms with Crippen LogP contribution in [0, 0.1) is 0 Å². The molecule has 2 amide bonds. The van der Waals surface area contributed by atoms with Gasteiger partial charge in [-0.15, -0.1) is 0 Å². The van der Waals surface area contributed by atoms with Crippen LogP contribution in [0.5, 0.6) is 0 Å². The molecule has 16 heavy (non-hydrogen) atoms. The van der Waals surface area contributed by atoms with Gasteiger partial charge in [0, 0.05) is 19.1 Å². The highest BCUT2D eigenvalue weighted by Crippen LogP contribution is 2.21. The van der Waals surface area contributed by atoms with Gasteiger partial charge in [-0.25, -0.2) is 4.79 Å². The highest BCUT2D eigenvalue weighted by Gasteiger charge is 2.33. The summed E-state index contributed by atoms with van der Waals surface area (Å²) in [5.74, 6) is 0. The summed E-state index contributed by atoms with van der Waals surface area (Å²) in [6, 6.07) is -0.0540. The van der Waals surface area contributed by atoms with Crippen LogP contribution in [0.2, 0.25) is 0 Å². The van der Waals surface area contributed by atoms with Crippen molar-refractivity contribution in [2.75, 3.05) is 13.6 Å². The van der Waals surface area contributed by atoms with Gasteiger partial charge < -0.3 is 16.0 Å². The summed E-state index contributed by atoms with van der Waals surface area (Å²) in [4.78, 5) is 13.8. The van der Waals surface area contributed by atoms with Crippen molar-refractivity contribution in [1.82, 2.24) is 10.2 Å². The molecule has 0 heterocycles. The van der Waals surface area contributed by atoms with E-state index in [2.05, 4.69) is 19.2 Å². The number of rotatable bonds is 4. The predicted octanol–water partition coefficient (Wildman–Crippen LogP) is 1.94. The summed E-state index contributed by atoms with van der Waals surface area (Å²) in [7, 11) is 1.82. The van der Waals surface area contributed by atoms with E-state index in [0.29, 0.717) is 6.54 Å². The molecule has 4 heteroatoms. The van der Waals surface area contributed by atoms with Gasteiger partial charge >= 0.3 is 6.03 Å². The van der Waals surface area contributed by atoms with Gasteiger partial charge in [-0.1, -0.05) is 13.8 Å². The molecule has 0 unspecified atom stereocenters. The number of hydrogen-bond donors (Lipinski definition) is 2. The van der Waals surface area contributed by atoms with Gasteiger partial charge in [0.05, 0.1) is 5.54 Å². The lowest BCUT2D eigenvalue weighted by molar-refractivity contribution is 0.124. The lowest BCUT2D eigenvalue weighted by Crippen LogP contribution is -2.59. The fourth-order valence-electron chi connectivity index (χ4n) is 1.77. The fourth-order valence-corrected chi connectivity index (χ4v) is 1.77. The fraction of sp³-hybridized carbons (Fsp3) is 0.917. The van der Waals surface area contributed by atoms with E-state index >= 15 is 0 Å². The van der Waals surface area contributed by atoms with Crippen LogP contribution in [0.25, 0.3) is 0 Å². The number of nitrogens with one attached hydrogen (secondary N) is 1. The second-order valence-corrected chi connectivity index (χ2v) is 5.37. The van der Waals surface area contributed by atoms with E-state index in [-0.39, 0.29) is 17.1 Å². The number of likely N-dealkylation sites (N-methyl/N-ethyl adjacent to an activating group) is 1. The van der Waals surface area contributed by atoms with Crippen molar-refractivity contribution in [3.8, 4) is 0 Å². The molecule has 0 aliphatic rings. The molecule has 0 bridgehead atoms. The summed E-state index contributed by atoms with van der Waals surface area (Å²) >= 11 is 0. The van der Waals surface area contributed by atoms with Gasteiger partial charge in [0.15, 0.2) is 0 Å². The molecule has 0 rings (SSSR count). The molecule has 3 N–H and O–H groups in total. The van der Waals surface area contributed by atoms with Crippen LogP contribution in [-0.2, 0) is 0 Å². The molecule has 0 fully saturated rings. The lowest BCUT2D eigenvalue weighted by atomic mass is 9.91. The SMILES string of the molecule is CCC(CC)(CN)N(C)C(=O)NC(C)(C)C. The normalized spacial score (nSPS) is 12.4. The third kappa shape index (κ3) is 3.67. The Morgan fingerprint density at radius 1 is 1.25 bits per heavy atom. The average Bonchev–Trinajstić information content (AvgIpc) is 2.18. The van der Waals surface area contributed by atoms with Crippen molar-refractivity contribution >= 4 is 6.03 Å². The summed E-state index contributed by atoms with van der Waals surface area (Å²) in [6.07, 6.45) is 1.74. The first-order chi connectivity index (χ1) is 7.22. The minimum atomic E-state index is -0.227. The summed E-state index contributed by atoms with van der Waals surface area (Å²) in [5, 5.41) is 2.96. The van der Waals surface area contributed by atoms with E-state index in [9.17, 15) is 4.79 Å². The minimum absolute atomic E-state index is 0.0540. The Kier molecular flexibility index (Phi) is 5.26. The molecule has 0 saturated heterocycles. The van der Waals surface area contributed by atoms with Gasteiger partial charge in [-0.3, -0.25) is 0 Å². The maximum Gasteiger partial charge on any atom is 0.318 e. The first-order valence-corrected chi connectivity index (χ1v) is 5.98. The third-order valence-corrected chi connectivity index (χ3v) is 3.19. The number of amides is 2. The van der Waals surface area contributed by atoms with Crippen LogP contribution in [0.4, 0.5) is 4.79 Å². The summed E-state index contributed by atoms with van der Waals surface area (Å²) in [6.45, 7) is 10.5. The Labute approximate surface area is 99.6 Å². The zero-order chi connectivity index (χ0) is 13.0. The molecule has 0 aliphatic heterocycles. The smallest absolute Gasteiger partial charge is 0.318 e. The summed E-state index contributed by atoms with van der Waals surface area (Å²) < 4.78 is 0. The van der Waals surface area contributed by atoms with E-state index in [0.717, 1.165) is 12.8 Å². The minimum Gasteiger partial charge on any atom is -0.333 e. The Balaban J connectivity index is 4.75. The molecule has 0 spiro atoms. The van der Waals surface area contributed by atoms with Crippen molar-refractivity contribution in [2.24, 2.45) is 5.73 Å². The maximum atomic E-state index is 12.0. The van der Waals surface area contributed by atoms with E-state index in [1.807, 2.05) is 27.8 Å². The number of urea groups is 1. The van der Waals surface area contributed by atoms with E-state index < -0.39 is 0 Å². The van der Waals surface area contributed by atoms with E-state index in [1.54, 1.807) is 4.90 Å².